The molecule has 0 bridgehead atoms. The fourth-order valence-electron chi connectivity index (χ4n) is 3.63. The van der Waals surface area contributed by atoms with E-state index in [-0.39, 0.29) is 17.0 Å². The summed E-state index contributed by atoms with van der Waals surface area (Å²) in [5.74, 6) is -0.373. The summed E-state index contributed by atoms with van der Waals surface area (Å²) in [5.41, 5.74) is 1.19. The highest BCUT2D eigenvalue weighted by molar-refractivity contribution is 7.81. The molecule has 0 saturated heterocycles. The predicted octanol–water partition coefficient (Wildman–Crippen LogP) is 4.26. The van der Waals surface area contributed by atoms with Crippen LogP contribution in [0.1, 0.15) is 10.4 Å². The van der Waals surface area contributed by atoms with Crippen LogP contribution in [0.4, 0.5) is 17.2 Å². The number of pyridine rings is 2. The number of benzene rings is 2. The topological polar surface area (TPSA) is 126 Å². The number of rotatable bonds is 5. The lowest BCUT2D eigenvalue weighted by molar-refractivity contribution is 0.102. The Morgan fingerprint density at radius 1 is 0.971 bits per heavy atom. The number of para-hydroxylation sites is 1. The van der Waals surface area contributed by atoms with Crippen molar-refractivity contribution in [2.45, 2.75) is 0 Å². The van der Waals surface area contributed by atoms with E-state index >= 15 is 0 Å². The van der Waals surface area contributed by atoms with Gasteiger partial charge >= 0.3 is 5.63 Å². The standard InChI is InChI=1S/C24H16N4O5S/c29-22-10-9-15-4-1-5-18(23(15)33-22)24(30)27-16-11-13-26-21(14-16)28(34(31)32)20-8-2-7-19-17(20)6-3-12-25-19/h1-14H,(H,31,32)(H,26,27,30). The largest absolute Gasteiger partial charge is 0.422 e. The van der Waals surface area contributed by atoms with E-state index < -0.39 is 22.8 Å². The SMILES string of the molecule is O=C(Nc1ccnc(N(c2cccc3ncccc23)S(=O)O)c1)c1cccc2ccc(=O)oc12. The highest BCUT2D eigenvalue weighted by Crippen LogP contribution is 2.32. The van der Waals surface area contributed by atoms with Gasteiger partial charge in [-0.2, -0.15) is 0 Å². The molecule has 0 spiro atoms. The minimum Gasteiger partial charge on any atom is -0.422 e. The fraction of sp³-hybridized carbons (Fsp3) is 0. The van der Waals surface area contributed by atoms with Crippen LogP contribution in [0.15, 0.2) is 94.4 Å². The van der Waals surface area contributed by atoms with Crippen molar-refractivity contribution in [2.24, 2.45) is 0 Å². The Kier molecular flexibility index (Phi) is 5.58. The Labute approximate surface area is 195 Å². The van der Waals surface area contributed by atoms with Gasteiger partial charge in [-0.05, 0) is 42.5 Å². The number of hydrogen-bond donors (Lipinski definition) is 2. The van der Waals surface area contributed by atoms with Crippen LogP contribution in [0.5, 0.6) is 0 Å². The van der Waals surface area contributed by atoms with Gasteiger partial charge in [0, 0.05) is 41.0 Å². The summed E-state index contributed by atoms with van der Waals surface area (Å²) in [6.07, 6.45) is 3.05. The Morgan fingerprint density at radius 2 is 1.82 bits per heavy atom. The predicted molar refractivity (Wildman–Crippen MR) is 129 cm³/mol. The van der Waals surface area contributed by atoms with Crippen LogP contribution in [-0.2, 0) is 11.3 Å². The Morgan fingerprint density at radius 3 is 2.68 bits per heavy atom. The van der Waals surface area contributed by atoms with Crippen LogP contribution in [0, 0.1) is 0 Å². The zero-order chi connectivity index (χ0) is 23.7. The lowest BCUT2D eigenvalue weighted by atomic mass is 10.1. The minimum atomic E-state index is -2.46. The molecule has 1 atom stereocenters. The number of nitrogens with zero attached hydrogens (tertiary/aromatic N) is 3. The molecule has 9 nitrogen and oxygen atoms in total. The summed E-state index contributed by atoms with van der Waals surface area (Å²) in [5, 5.41) is 4.00. The molecule has 0 fully saturated rings. The van der Waals surface area contributed by atoms with Crippen molar-refractivity contribution >= 4 is 56.2 Å². The lowest BCUT2D eigenvalue weighted by Crippen LogP contribution is -2.21. The molecule has 0 saturated carbocycles. The van der Waals surface area contributed by atoms with Crippen molar-refractivity contribution in [3.63, 3.8) is 0 Å². The van der Waals surface area contributed by atoms with Gasteiger partial charge < -0.3 is 9.73 Å². The van der Waals surface area contributed by atoms with Crippen molar-refractivity contribution in [1.82, 2.24) is 9.97 Å². The van der Waals surface area contributed by atoms with Crippen molar-refractivity contribution in [3.8, 4) is 0 Å². The maximum Gasteiger partial charge on any atom is 0.336 e. The van der Waals surface area contributed by atoms with Gasteiger partial charge in [-0.1, -0.05) is 18.2 Å². The first-order chi connectivity index (χ1) is 16.5. The second kappa shape index (κ2) is 8.85. The van der Waals surface area contributed by atoms with Gasteiger partial charge in [0.25, 0.3) is 17.2 Å². The third kappa shape index (κ3) is 4.03. The van der Waals surface area contributed by atoms with Crippen LogP contribution >= 0.6 is 0 Å². The van der Waals surface area contributed by atoms with Crippen molar-refractivity contribution in [1.29, 1.82) is 0 Å². The minimum absolute atomic E-state index is 0.138. The molecular weight excluding hydrogens is 456 g/mol. The highest BCUT2D eigenvalue weighted by atomic mass is 32.2. The smallest absolute Gasteiger partial charge is 0.336 e. The lowest BCUT2D eigenvalue weighted by Gasteiger charge is -2.21. The molecule has 1 amide bonds. The second-order valence-electron chi connectivity index (χ2n) is 7.21. The number of nitrogens with one attached hydrogen (secondary N) is 1. The van der Waals surface area contributed by atoms with Gasteiger partial charge in [0.1, 0.15) is 5.82 Å². The maximum absolute atomic E-state index is 13.0. The molecule has 1 unspecified atom stereocenters. The van der Waals surface area contributed by atoms with Gasteiger partial charge in [-0.25, -0.2) is 18.3 Å². The average Bonchev–Trinajstić information content (AvgIpc) is 2.84. The molecule has 2 N–H and O–H groups in total. The van der Waals surface area contributed by atoms with Crippen LogP contribution in [0.3, 0.4) is 0 Å². The fourth-order valence-corrected chi connectivity index (χ4v) is 4.22. The Bertz CT molecular complexity index is 1630. The number of carbonyl (C=O) groups is 1. The van der Waals surface area contributed by atoms with E-state index in [4.69, 9.17) is 4.42 Å². The van der Waals surface area contributed by atoms with Crippen LogP contribution in [-0.4, -0.2) is 24.6 Å². The monoisotopic (exact) mass is 472 g/mol. The van der Waals surface area contributed by atoms with Gasteiger partial charge in [0.15, 0.2) is 5.58 Å². The van der Waals surface area contributed by atoms with Crippen molar-refractivity contribution in [3.05, 3.63) is 101 Å². The number of fused-ring (bicyclic) bond motifs is 2. The first kappa shape index (κ1) is 21.4. The van der Waals surface area contributed by atoms with E-state index in [1.165, 1.54) is 18.3 Å². The third-order valence-electron chi connectivity index (χ3n) is 5.10. The molecule has 3 aromatic heterocycles. The molecule has 0 aliphatic rings. The number of anilines is 3. The van der Waals surface area contributed by atoms with Crippen LogP contribution in [0.25, 0.3) is 21.9 Å². The zero-order valence-electron chi connectivity index (χ0n) is 17.4. The van der Waals surface area contributed by atoms with E-state index in [2.05, 4.69) is 15.3 Å². The molecular formula is C24H16N4O5S. The number of carbonyl (C=O) groups excluding carboxylic acids is 1. The highest BCUT2D eigenvalue weighted by Gasteiger charge is 2.20. The van der Waals surface area contributed by atoms with Crippen molar-refractivity contribution < 1.29 is 18.0 Å². The summed E-state index contributed by atoms with van der Waals surface area (Å²) >= 11 is -2.46. The molecule has 168 valence electrons. The van der Waals surface area contributed by atoms with Gasteiger partial charge in [-0.3, -0.25) is 14.3 Å². The summed E-state index contributed by atoms with van der Waals surface area (Å²) in [6.45, 7) is 0. The first-order valence-electron chi connectivity index (χ1n) is 10.1. The molecule has 34 heavy (non-hydrogen) atoms. The van der Waals surface area contributed by atoms with Crippen molar-refractivity contribution in [2.75, 3.05) is 9.62 Å². The molecule has 5 aromatic rings. The van der Waals surface area contributed by atoms with Crippen LogP contribution < -0.4 is 15.2 Å². The average molecular weight is 472 g/mol. The zero-order valence-corrected chi connectivity index (χ0v) is 18.2. The quantitative estimate of drug-likeness (QED) is 0.289. The molecule has 5 rings (SSSR count). The van der Waals surface area contributed by atoms with E-state index in [0.29, 0.717) is 27.7 Å². The van der Waals surface area contributed by atoms with E-state index in [0.717, 1.165) is 4.31 Å². The van der Waals surface area contributed by atoms with Gasteiger partial charge in [-0.15, -0.1) is 0 Å². The molecule has 10 heteroatoms. The van der Waals surface area contributed by atoms with Gasteiger partial charge in [0.2, 0.25) is 0 Å². The molecule has 0 radical (unpaired) electrons. The normalized spacial score (nSPS) is 11.9. The van der Waals surface area contributed by atoms with E-state index in [9.17, 15) is 18.4 Å². The first-order valence-corrected chi connectivity index (χ1v) is 11.1. The van der Waals surface area contributed by atoms with Gasteiger partial charge in [0.05, 0.1) is 16.8 Å². The summed E-state index contributed by atoms with van der Waals surface area (Å²) in [7, 11) is 0. The molecule has 0 aliphatic carbocycles. The summed E-state index contributed by atoms with van der Waals surface area (Å²) in [6, 6.07) is 19.6. The maximum atomic E-state index is 13.0. The second-order valence-corrected chi connectivity index (χ2v) is 8.03. The summed E-state index contributed by atoms with van der Waals surface area (Å²) in [4.78, 5) is 33.1. The van der Waals surface area contributed by atoms with Crippen LogP contribution in [0.2, 0.25) is 0 Å². The van der Waals surface area contributed by atoms with E-state index in [1.54, 1.807) is 66.9 Å². The molecule has 0 aliphatic heterocycles. The van der Waals surface area contributed by atoms with E-state index in [1.807, 2.05) is 0 Å². The third-order valence-corrected chi connectivity index (χ3v) is 5.80. The Hall–Kier alpha value is -4.41. The number of amides is 1. The molecule has 3 heterocycles. The molecule has 2 aromatic carbocycles. The summed E-state index contributed by atoms with van der Waals surface area (Å²) < 4.78 is 28.8. The number of hydrogen-bond acceptors (Lipinski definition) is 6. The Balaban J connectivity index is 1.52. The number of aromatic nitrogens is 2.